The Morgan fingerprint density at radius 2 is 1.85 bits per heavy atom. The van der Waals surface area contributed by atoms with E-state index in [0.717, 1.165) is 32.1 Å². The predicted molar refractivity (Wildman–Crippen MR) is 49.9 cm³/mol. The maximum Gasteiger partial charge on any atom is 0.0693 e. The maximum absolute atomic E-state index is 9.79. The van der Waals surface area contributed by atoms with Crippen LogP contribution in [0.1, 0.15) is 44.9 Å². The third kappa shape index (κ3) is 1.36. The Kier molecular flexibility index (Phi) is 2.29. The molecule has 2 aliphatic carbocycles. The first-order valence-electron chi connectivity index (χ1n) is 5.38. The van der Waals surface area contributed by atoms with Gasteiger partial charge in [-0.15, -0.1) is 0 Å². The second-order valence-corrected chi connectivity index (χ2v) is 4.58. The molecule has 2 atom stereocenters. The monoisotopic (exact) mass is 179 g/mol. The molecule has 2 unspecified atom stereocenters. The Morgan fingerprint density at radius 3 is 2.31 bits per heavy atom. The summed E-state index contributed by atoms with van der Waals surface area (Å²) in [5.74, 6) is 0.278. The lowest BCUT2D eigenvalue weighted by atomic mass is 9.73. The first-order valence-corrected chi connectivity index (χ1v) is 5.38. The molecule has 0 saturated heterocycles. The summed E-state index contributed by atoms with van der Waals surface area (Å²) in [5.41, 5.74) is -0.157. The number of nitrogens with zero attached hydrogens (tertiary/aromatic N) is 1. The number of aliphatic hydroxyl groups excluding tert-OH is 1. The first kappa shape index (κ1) is 9.02. The van der Waals surface area contributed by atoms with Crippen LogP contribution in [0.25, 0.3) is 0 Å². The molecule has 0 aromatic heterocycles. The molecule has 0 aliphatic heterocycles. The van der Waals surface area contributed by atoms with E-state index < -0.39 is 0 Å². The number of hydrogen-bond acceptors (Lipinski definition) is 2. The molecule has 2 fully saturated rings. The fraction of sp³-hybridized carbons (Fsp3) is 0.909. The van der Waals surface area contributed by atoms with Crippen molar-refractivity contribution >= 4 is 0 Å². The average molecular weight is 179 g/mol. The van der Waals surface area contributed by atoms with Gasteiger partial charge in [0.05, 0.1) is 17.6 Å². The molecule has 0 radical (unpaired) electrons. The summed E-state index contributed by atoms with van der Waals surface area (Å²) in [6.07, 6.45) is 7.28. The van der Waals surface area contributed by atoms with E-state index >= 15 is 0 Å². The fourth-order valence-corrected chi connectivity index (χ4v) is 3.16. The van der Waals surface area contributed by atoms with E-state index in [9.17, 15) is 10.4 Å². The van der Waals surface area contributed by atoms with Crippen LogP contribution < -0.4 is 0 Å². The average Bonchev–Trinajstić information content (AvgIpc) is 2.73. The summed E-state index contributed by atoms with van der Waals surface area (Å²) in [6, 6.07) is 2.49. The van der Waals surface area contributed by atoms with Gasteiger partial charge in [0.15, 0.2) is 0 Å². The molecule has 1 N–H and O–H groups in total. The SMILES string of the molecule is N#CC1(C2CCCC2O)CCCC1. The van der Waals surface area contributed by atoms with Gasteiger partial charge in [-0.25, -0.2) is 0 Å². The van der Waals surface area contributed by atoms with E-state index in [0.29, 0.717) is 0 Å². The Balaban J connectivity index is 2.16. The van der Waals surface area contributed by atoms with Crippen LogP contribution >= 0.6 is 0 Å². The zero-order valence-electron chi connectivity index (χ0n) is 8.00. The molecule has 0 aromatic rings. The van der Waals surface area contributed by atoms with E-state index in [2.05, 4.69) is 6.07 Å². The Morgan fingerprint density at radius 1 is 1.15 bits per heavy atom. The van der Waals surface area contributed by atoms with Crippen molar-refractivity contribution < 1.29 is 5.11 Å². The van der Waals surface area contributed by atoms with Crippen LogP contribution in [0, 0.1) is 22.7 Å². The van der Waals surface area contributed by atoms with Gasteiger partial charge in [-0.3, -0.25) is 0 Å². The molecule has 2 saturated carbocycles. The lowest BCUT2D eigenvalue weighted by molar-refractivity contribution is 0.0712. The number of hydrogen-bond donors (Lipinski definition) is 1. The molecular weight excluding hydrogens is 162 g/mol. The van der Waals surface area contributed by atoms with Crippen LogP contribution in [0.15, 0.2) is 0 Å². The van der Waals surface area contributed by atoms with Gasteiger partial charge in [0, 0.05) is 5.92 Å². The second kappa shape index (κ2) is 3.31. The van der Waals surface area contributed by atoms with Crippen LogP contribution in [0.3, 0.4) is 0 Å². The van der Waals surface area contributed by atoms with Crippen LogP contribution in [0.5, 0.6) is 0 Å². The van der Waals surface area contributed by atoms with Gasteiger partial charge in [0.25, 0.3) is 0 Å². The highest BCUT2D eigenvalue weighted by Crippen LogP contribution is 2.49. The van der Waals surface area contributed by atoms with Gasteiger partial charge in [0.2, 0.25) is 0 Å². The van der Waals surface area contributed by atoms with Crippen molar-refractivity contribution in [2.24, 2.45) is 11.3 Å². The Hall–Kier alpha value is -0.550. The molecule has 2 nitrogen and oxygen atoms in total. The molecular formula is C11H17NO. The second-order valence-electron chi connectivity index (χ2n) is 4.58. The lowest BCUT2D eigenvalue weighted by Crippen LogP contribution is -2.31. The van der Waals surface area contributed by atoms with E-state index in [1.54, 1.807) is 0 Å². The minimum atomic E-state index is -0.197. The molecule has 0 aromatic carbocycles. The highest BCUT2D eigenvalue weighted by Gasteiger charge is 2.46. The first-order chi connectivity index (χ1) is 6.28. The summed E-state index contributed by atoms with van der Waals surface area (Å²) in [6.45, 7) is 0. The summed E-state index contributed by atoms with van der Waals surface area (Å²) in [5, 5.41) is 19.0. The molecule has 2 heteroatoms. The molecule has 0 bridgehead atoms. The van der Waals surface area contributed by atoms with Gasteiger partial charge in [0.1, 0.15) is 0 Å². The van der Waals surface area contributed by atoms with Crippen molar-refractivity contribution in [2.45, 2.75) is 51.0 Å². The van der Waals surface area contributed by atoms with Crippen molar-refractivity contribution in [1.82, 2.24) is 0 Å². The topological polar surface area (TPSA) is 44.0 Å². The van der Waals surface area contributed by atoms with Crippen molar-refractivity contribution in [3.63, 3.8) is 0 Å². The minimum absolute atomic E-state index is 0.157. The third-order valence-electron chi connectivity index (χ3n) is 3.91. The summed E-state index contributed by atoms with van der Waals surface area (Å²) < 4.78 is 0. The van der Waals surface area contributed by atoms with Gasteiger partial charge in [-0.2, -0.15) is 5.26 Å². The van der Waals surface area contributed by atoms with Gasteiger partial charge >= 0.3 is 0 Å². The van der Waals surface area contributed by atoms with Crippen LogP contribution in [-0.2, 0) is 0 Å². The highest BCUT2D eigenvalue weighted by molar-refractivity contribution is 5.08. The largest absolute Gasteiger partial charge is 0.393 e. The zero-order chi connectivity index (χ0) is 9.31. The van der Waals surface area contributed by atoms with E-state index in [1.807, 2.05) is 0 Å². The van der Waals surface area contributed by atoms with Gasteiger partial charge in [-0.05, 0) is 25.7 Å². The lowest BCUT2D eigenvalue weighted by Gasteiger charge is -2.30. The summed E-state index contributed by atoms with van der Waals surface area (Å²) >= 11 is 0. The summed E-state index contributed by atoms with van der Waals surface area (Å²) in [7, 11) is 0. The quantitative estimate of drug-likeness (QED) is 0.670. The Bertz CT molecular complexity index is 225. The molecule has 2 rings (SSSR count). The highest BCUT2D eigenvalue weighted by atomic mass is 16.3. The van der Waals surface area contributed by atoms with Gasteiger partial charge < -0.3 is 5.11 Å². The molecule has 0 spiro atoms. The normalized spacial score (nSPS) is 37.5. The predicted octanol–water partition coefficient (Wildman–Crippen LogP) is 2.23. The van der Waals surface area contributed by atoms with Crippen molar-refractivity contribution in [2.75, 3.05) is 0 Å². The summed E-state index contributed by atoms with van der Waals surface area (Å²) in [4.78, 5) is 0. The van der Waals surface area contributed by atoms with Crippen molar-refractivity contribution in [3.05, 3.63) is 0 Å². The molecule has 13 heavy (non-hydrogen) atoms. The van der Waals surface area contributed by atoms with E-state index in [-0.39, 0.29) is 17.4 Å². The van der Waals surface area contributed by atoms with Gasteiger partial charge in [-0.1, -0.05) is 19.3 Å². The smallest absolute Gasteiger partial charge is 0.0693 e. The third-order valence-corrected chi connectivity index (χ3v) is 3.91. The Labute approximate surface area is 79.6 Å². The van der Waals surface area contributed by atoms with Crippen molar-refractivity contribution in [1.29, 1.82) is 5.26 Å². The maximum atomic E-state index is 9.79. The van der Waals surface area contributed by atoms with Crippen LogP contribution in [0.2, 0.25) is 0 Å². The fourth-order valence-electron chi connectivity index (χ4n) is 3.16. The van der Waals surface area contributed by atoms with Crippen LogP contribution in [0.4, 0.5) is 0 Å². The molecule has 0 heterocycles. The minimum Gasteiger partial charge on any atom is -0.393 e. The van der Waals surface area contributed by atoms with Crippen molar-refractivity contribution in [3.8, 4) is 6.07 Å². The van der Waals surface area contributed by atoms with E-state index in [1.165, 1.54) is 12.8 Å². The number of nitriles is 1. The molecule has 72 valence electrons. The number of aliphatic hydroxyl groups is 1. The zero-order valence-corrected chi connectivity index (χ0v) is 8.00. The number of rotatable bonds is 1. The standard InChI is InChI=1S/C11H17NO/c12-8-11(6-1-2-7-11)9-4-3-5-10(9)13/h9-10,13H,1-7H2. The van der Waals surface area contributed by atoms with E-state index in [4.69, 9.17) is 0 Å². The molecule has 0 amide bonds. The molecule has 2 aliphatic rings. The van der Waals surface area contributed by atoms with Crippen LogP contribution in [-0.4, -0.2) is 11.2 Å².